The van der Waals surface area contributed by atoms with Crippen LogP contribution in [0.5, 0.6) is 0 Å². The Hall–Kier alpha value is -3.92. The topological polar surface area (TPSA) is 137 Å². The van der Waals surface area contributed by atoms with Gasteiger partial charge in [-0.2, -0.15) is 10.2 Å². The molecule has 0 radical (unpaired) electrons. The highest BCUT2D eigenvalue weighted by Crippen LogP contribution is 2.43. The Bertz CT molecular complexity index is 1410. The van der Waals surface area contributed by atoms with E-state index in [1.54, 1.807) is 24.3 Å². The Morgan fingerprint density at radius 3 is 2.70 bits per heavy atom. The lowest BCUT2D eigenvalue weighted by Gasteiger charge is -2.53. The molecule has 4 heterocycles. The first-order valence-electron chi connectivity index (χ1n) is 14.7. The first-order chi connectivity index (χ1) is 20.8. The van der Waals surface area contributed by atoms with Gasteiger partial charge < -0.3 is 29.7 Å². The summed E-state index contributed by atoms with van der Waals surface area (Å²) in [5.74, 6) is -0.919. The second kappa shape index (κ2) is 12.0. The van der Waals surface area contributed by atoms with Crippen molar-refractivity contribution in [2.75, 3.05) is 49.6 Å². The number of alkyl halides is 1. The van der Waals surface area contributed by atoms with Crippen LogP contribution in [0.25, 0.3) is 0 Å². The van der Waals surface area contributed by atoms with Crippen LogP contribution in [0.2, 0.25) is 0 Å². The van der Waals surface area contributed by atoms with Gasteiger partial charge in [-0.15, -0.1) is 0 Å². The maximum Gasteiger partial charge on any atom is 0.251 e. The third kappa shape index (κ3) is 5.85. The smallest absolute Gasteiger partial charge is 0.251 e. The lowest BCUT2D eigenvalue weighted by Crippen LogP contribution is -2.58. The van der Waals surface area contributed by atoms with E-state index < -0.39 is 35.8 Å². The number of hydrogen-bond acceptors (Lipinski definition) is 10. The number of nitrogens with zero attached hydrogens (tertiary/aromatic N) is 6. The van der Waals surface area contributed by atoms with Crippen molar-refractivity contribution in [1.29, 1.82) is 5.26 Å². The number of aliphatic hydroxyl groups is 1. The Morgan fingerprint density at radius 2 is 2.00 bits per heavy atom. The molecule has 0 bridgehead atoms. The Kier molecular flexibility index (Phi) is 8.13. The SMILES string of the molecule is C[C@H](O)C(=O)N1CC[C@H](OC2(c3ncnc(Nc4ccc(N5CC6(CCOCC6)C5)cc4)n3)C=CC=CC2C#N)[C@H](F)C1. The highest BCUT2D eigenvalue weighted by molar-refractivity contribution is 5.80. The van der Waals surface area contributed by atoms with E-state index in [0.717, 1.165) is 50.5 Å². The number of rotatable bonds is 7. The van der Waals surface area contributed by atoms with Gasteiger partial charge in [0.05, 0.1) is 18.7 Å². The van der Waals surface area contributed by atoms with Crippen LogP contribution in [0, 0.1) is 22.7 Å². The minimum absolute atomic E-state index is 0.172. The highest BCUT2D eigenvalue weighted by atomic mass is 19.1. The molecule has 4 aliphatic rings. The molecule has 3 fully saturated rings. The van der Waals surface area contributed by atoms with Crippen molar-refractivity contribution in [2.45, 2.75) is 50.2 Å². The number of aliphatic hydroxyl groups excluding tert-OH is 1. The number of amides is 1. The normalized spacial score (nSPS) is 28.7. The van der Waals surface area contributed by atoms with E-state index >= 15 is 4.39 Å². The molecule has 2 N–H and O–H groups in total. The number of piperidine rings is 1. The van der Waals surface area contributed by atoms with Crippen LogP contribution in [-0.4, -0.2) is 88.6 Å². The highest BCUT2D eigenvalue weighted by Gasteiger charge is 2.48. The van der Waals surface area contributed by atoms with Gasteiger partial charge in [0.2, 0.25) is 5.95 Å². The molecular weight excluding hydrogens is 553 g/mol. The molecule has 12 heteroatoms. The third-order valence-electron chi connectivity index (χ3n) is 8.87. The molecule has 11 nitrogen and oxygen atoms in total. The number of aromatic nitrogens is 3. The van der Waals surface area contributed by atoms with Crippen LogP contribution in [0.3, 0.4) is 0 Å². The molecule has 5 atom stereocenters. The number of hydrogen-bond donors (Lipinski definition) is 2. The molecule has 1 aliphatic carbocycles. The quantitative estimate of drug-likeness (QED) is 0.496. The van der Waals surface area contributed by atoms with Crippen molar-refractivity contribution in [2.24, 2.45) is 11.3 Å². The monoisotopic (exact) mass is 589 g/mol. The molecule has 2 aromatic rings. The third-order valence-corrected chi connectivity index (χ3v) is 8.87. The molecule has 6 rings (SSSR count). The zero-order chi connectivity index (χ0) is 30.0. The molecular formula is C31H36FN7O4. The largest absolute Gasteiger partial charge is 0.384 e. The van der Waals surface area contributed by atoms with Crippen molar-refractivity contribution in [3.05, 3.63) is 60.7 Å². The molecule has 3 saturated heterocycles. The molecule has 43 heavy (non-hydrogen) atoms. The standard InChI is InChI=1S/C31H36FN7O4/c1-21(40)27(41)38-13-9-26(25(32)17-38)43-31(10-3-2-4-22(31)16-33)28-34-20-35-29(37-28)36-23-5-7-24(8-6-23)39-18-30(19-39)11-14-42-15-12-30/h2-8,10,20-22,25-26,40H,9,11-15,17-19H2,1H3,(H,34,35,36,37)/t21-,22?,25+,26-,31?/m0/s1. The number of anilines is 3. The number of nitrogens with one attached hydrogen (secondary N) is 1. The summed E-state index contributed by atoms with van der Waals surface area (Å²) in [6, 6.07) is 10.3. The van der Waals surface area contributed by atoms with Gasteiger partial charge in [0.1, 0.15) is 24.5 Å². The Morgan fingerprint density at radius 1 is 1.23 bits per heavy atom. The molecule has 1 amide bonds. The van der Waals surface area contributed by atoms with Gasteiger partial charge in [-0.05, 0) is 56.5 Å². The van der Waals surface area contributed by atoms with Crippen LogP contribution in [-0.2, 0) is 19.9 Å². The number of carbonyl (C=O) groups excluding carboxylic acids is 1. The predicted molar refractivity (Wildman–Crippen MR) is 156 cm³/mol. The minimum Gasteiger partial charge on any atom is -0.384 e. The molecule has 0 saturated carbocycles. The number of benzene rings is 1. The van der Waals surface area contributed by atoms with Crippen molar-refractivity contribution >= 4 is 23.2 Å². The lowest BCUT2D eigenvalue weighted by atomic mass is 9.73. The first-order valence-corrected chi connectivity index (χ1v) is 14.7. The van der Waals surface area contributed by atoms with E-state index in [-0.39, 0.29) is 31.3 Å². The number of likely N-dealkylation sites (tertiary alicyclic amines) is 1. The minimum atomic E-state index is -1.53. The van der Waals surface area contributed by atoms with Gasteiger partial charge in [0.15, 0.2) is 11.4 Å². The van der Waals surface area contributed by atoms with E-state index in [9.17, 15) is 15.2 Å². The summed E-state index contributed by atoms with van der Waals surface area (Å²) in [6.45, 7) is 5.13. The van der Waals surface area contributed by atoms with Crippen molar-refractivity contribution in [1.82, 2.24) is 19.9 Å². The number of nitriles is 1. The van der Waals surface area contributed by atoms with Crippen molar-refractivity contribution < 1.29 is 23.8 Å². The summed E-state index contributed by atoms with van der Waals surface area (Å²) >= 11 is 0. The summed E-state index contributed by atoms with van der Waals surface area (Å²) in [5.41, 5.74) is 0.861. The van der Waals surface area contributed by atoms with Crippen molar-refractivity contribution in [3.63, 3.8) is 0 Å². The summed E-state index contributed by atoms with van der Waals surface area (Å²) in [4.78, 5) is 29.2. The van der Waals surface area contributed by atoms with E-state index in [1.165, 1.54) is 18.2 Å². The van der Waals surface area contributed by atoms with Crippen LogP contribution in [0.4, 0.5) is 21.7 Å². The summed E-state index contributed by atoms with van der Waals surface area (Å²) in [7, 11) is 0. The second-order valence-electron chi connectivity index (χ2n) is 11.8. The molecule has 3 aliphatic heterocycles. The Balaban J connectivity index is 1.17. The summed E-state index contributed by atoms with van der Waals surface area (Å²) < 4.78 is 27.3. The van der Waals surface area contributed by atoms with Gasteiger partial charge in [-0.25, -0.2) is 14.4 Å². The van der Waals surface area contributed by atoms with Gasteiger partial charge in [0, 0.05) is 49.6 Å². The number of carbonyl (C=O) groups is 1. The number of ether oxygens (including phenoxy) is 2. The molecule has 2 unspecified atom stereocenters. The zero-order valence-corrected chi connectivity index (χ0v) is 24.1. The van der Waals surface area contributed by atoms with Gasteiger partial charge in [0.25, 0.3) is 5.91 Å². The average Bonchev–Trinajstić information content (AvgIpc) is 3.01. The summed E-state index contributed by atoms with van der Waals surface area (Å²) in [6.07, 6.45) is 6.90. The van der Waals surface area contributed by atoms with Crippen molar-refractivity contribution in [3.8, 4) is 6.07 Å². The maximum absolute atomic E-state index is 15.4. The van der Waals surface area contributed by atoms with Gasteiger partial charge in [-0.1, -0.05) is 18.2 Å². The maximum atomic E-state index is 15.4. The van der Waals surface area contributed by atoms with E-state index in [0.29, 0.717) is 5.41 Å². The van der Waals surface area contributed by atoms with E-state index in [4.69, 9.17) is 9.47 Å². The van der Waals surface area contributed by atoms with E-state index in [2.05, 4.69) is 43.4 Å². The fraction of sp³-hybridized carbons (Fsp3) is 0.516. The number of allylic oxidation sites excluding steroid dienone is 2. The molecule has 226 valence electrons. The number of halogens is 1. The molecule has 1 aromatic carbocycles. The summed E-state index contributed by atoms with van der Waals surface area (Å²) in [5, 5.41) is 22.9. The average molecular weight is 590 g/mol. The zero-order valence-electron chi connectivity index (χ0n) is 24.1. The Labute approximate surface area is 250 Å². The van der Waals surface area contributed by atoms with Gasteiger partial charge >= 0.3 is 0 Å². The fourth-order valence-corrected chi connectivity index (χ4v) is 6.37. The molecule has 1 aromatic heterocycles. The van der Waals surface area contributed by atoms with E-state index in [1.807, 2.05) is 12.1 Å². The molecule has 1 spiro atoms. The van der Waals surface area contributed by atoms with Crippen LogP contribution >= 0.6 is 0 Å². The fourth-order valence-electron chi connectivity index (χ4n) is 6.37. The van der Waals surface area contributed by atoms with Crippen LogP contribution < -0.4 is 10.2 Å². The van der Waals surface area contributed by atoms with Crippen LogP contribution in [0.1, 0.15) is 32.0 Å². The first kappa shape index (κ1) is 29.2. The van der Waals surface area contributed by atoms with Gasteiger partial charge in [-0.3, -0.25) is 4.79 Å². The lowest BCUT2D eigenvalue weighted by molar-refractivity contribution is -0.155. The predicted octanol–water partition coefficient (Wildman–Crippen LogP) is 3.03. The van der Waals surface area contributed by atoms with Crippen LogP contribution in [0.15, 0.2) is 54.9 Å². The second-order valence-corrected chi connectivity index (χ2v) is 11.8.